The number of anilines is 1. The number of carboxylic acid groups (broad SMARTS) is 1. The molecule has 0 spiro atoms. The minimum Gasteiger partial charge on any atom is -0.481 e. The van der Waals surface area contributed by atoms with Crippen LogP contribution in [0.2, 0.25) is 5.15 Å². The van der Waals surface area contributed by atoms with Crippen LogP contribution in [0.1, 0.15) is 51.0 Å². The largest absolute Gasteiger partial charge is 0.481 e. The number of H-pyrrole nitrogens is 1. The van der Waals surface area contributed by atoms with Crippen molar-refractivity contribution >= 4 is 34.6 Å². The molecule has 0 amide bonds. The van der Waals surface area contributed by atoms with Crippen molar-refractivity contribution in [1.29, 1.82) is 0 Å². The van der Waals surface area contributed by atoms with Crippen LogP contribution in [0.25, 0.3) is 22.6 Å². The van der Waals surface area contributed by atoms with E-state index in [1.54, 1.807) is 0 Å². The van der Waals surface area contributed by atoms with E-state index in [9.17, 15) is 9.90 Å². The monoisotopic (exact) mass is 483 g/mol. The van der Waals surface area contributed by atoms with Crippen molar-refractivity contribution in [2.75, 3.05) is 18.0 Å². The Labute approximate surface area is 203 Å². The number of aryl methyl sites for hydroxylation is 1. The molecule has 0 unspecified atom stereocenters. The lowest BCUT2D eigenvalue weighted by molar-refractivity contribution is -0.152. The molecule has 0 atom stereocenters. The van der Waals surface area contributed by atoms with Crippen molar-refractivity contribution in [3.63, 3.8) is 0 Å². The first-order chi connectivity index (χ1) is 16.3. The van der Waals surface area contributed by atoms with Crippen molar-refractivity contribution in [2.24, 2.45) is 5.41 Å². The molecule has 1 saturated carbocycles. The van der Waals surface area contributed by atoms with E-state index in [0.29, 0.717) is 23.6 Å². The number of imidazole rings is 1. The first-order valence-corrected chi connectivity index (χ1v) is 12.3. The van der Waals surface area contributed by atoms with Crippen LogP contribution in [0, 0.1) is 12.3 Å². The molecule has 1 aliphatic carbocycles. The molecule has 3 aromatic rings. The summed E-state index contributed by atoms with van der Waals surface area (Å²) in [6.07, 6.45) is 7.19. The van der Waals surface area contributed by atoms with E-state index in [-0.39, 0.29) is 12.2 Å². The first kappa shape index (κ1) is 23.1. The number of aromatic amines is 1. The van der Waals surface area contributed by atoms with Crippen LogP contribution in [-0.2, 0) is 9.53 Å². The number of aromatic nitrogens is 4. The Bertz CT molecular complexity index is 1140. The average Bonchev–Trinajstić information content (AvgIpc) is 3.24. The van der Waals surface area contributed by atoms with E-state index in [0.717, 1.165) is 67.1 Å². The smallest absolute Gasteiger partial charge is 0.309 e. The Morgan fingerprint density at radius 1 is 1.18 bits per heavy atom. The Morgan fingerprint density at radius 3 is 2.53 bits per heavy atom. The van der Waals surface area contributed by atoms with Crippen molar-refractivity contribution in [3.8, 4) is 11.4 Å². The number of pyridine rings is 2. The molecular formula is C25H30ClN5O3. The molecular weight excluding hydrogens is 454 g/mol. The SMILES string of the molecule is Cc1cc2[nH]c(-c3ccc(N4CCC(OC5CCC(C)(C(=O)O)CC5)CC4)nc3)nc2nc1Cl. The zero-order valence-corrected chi connectivity index (χ0v) is 20.3. The molecule has 34 heavy (non-hydrogen) atoms. The zero-order valence-electron chi connectivity index (χ0n) is 19.6. The highest BCUT2D eigenvalue weighted by Crippen LogP contribution is 2.38. The lowest BCUT2D eigenvalue weighted by Gasteiger charge is -2.38. The minimum absolute atomic E-state index is 0.179. The molecule has 1 aliphatic heterocycles. The van der Waals surface area contributed by atoms with Crippen LogP contribution in [0.15, 0.2) is 24.4 Å². The Hall–Kier alpha value is -2.71. The summed E-state index contributed by atoms with van der Waals surface area (Å²) in [6, 6.07) is 6.01. The molecule has 0 bridgehead atoms. The zero-order chi connectivity index (χ0) is 23.9. The molecule has 2 fully saturated rings. The number of rotatable bonds is 5. The predicted molar refractivity (Wildman–Crippen MR) is 131 cm³/mol. The quantitative estimate of drug-likeness (QED) is 0.492. The van der Waals surface area contributed by atoms with Crippen LogP contribution in [0.3, 0.4) is 0 Å². The summed E-state index contributed by atoms with van der Waals surface area (Å²) in [5.74, 6) is 0.987. The third kappa shape index (κ3) is 4.61. The van der Waals surface area contributed by atoms with Gasteiger partial charge in [0.25, 0.3) is 0 Å². The number of halogens is 1. The molecule has 3 aromatic heterocycles. The molecule has 4 heterocycles. The topological polar surface area (TPSA) is 104 Å². The number of aliphatic carboxylic acids is 1. The van der Waals surface area contributed by atoms with Gasteiger partial charge in [-0.2, -0.15) is 0 Å². The highest BCUT2D eigenvalue weighted by molar-refractivity contribution is 6.30. The van der Waals surface area contributed by atoms with Gasteiger partial charge in [-0.3, -0.25) is 4.79 Å². The second-order valence-electron chi connectivity index (χ2n) is 9.85. The fourth-order valence-corrected chi connectivity index (χ4v) is 5.08. The summed E-state index contributed by atoms with van der Waals surface area (Å²) in [6.45, 7) is 5.56. The molecule has 180 valence electrons. The third-order valence-corrected chi connectivity index (χ3v) is 7.71. The summed E-state index contributed by atoms with van der Waals surface area (Å²) in [4.78, 5) is 30.6. The van der Waals surface area contributed by atoms with Gasteiger partial charge in [-0.05, 0) is 76.1 Å². The standard InChI is InChI=1S/C25H30ClN5O3/c1-15-13-19-23(29-21(15)26)30-22(28-19)16-3-4-20(27-14-16)31-11-7-18(8-12-31)34-17-5-9-25(2,10-6-17)24(32)33/h3-4,13-14,17-18H,5-12H2,1-2H3,(H,32,33)(H,28,29,30). The van der Waals surface area contributed by atoms with Crippen molar-refractivity contribution in [1.82, 2.24) is 19.9 Å². The molecule has 5 rings (SSSR count). The number of carboxylic acids is 1. The highest BCUT2D eigenvalue weighted by Gasteiger charge is 2.38. The minimum atomic E-state index is -0.686. The van der Waals surface area contributed by atoms with Gasteiger partial charge in [-0.15, -0.1) is 0 Å². The van der Waals surface area contributed by atoms with Gasteiger partial charge in [0.1, 0.15) is 16.8 Å². The van der Waals surface area contributed by atoms with Crippen LogP contribution < -0.4 is 4.90 Å². The molecule has 2 N–H and O–H groups in total. The van der Waals surface area contributed by atoms with Crippen molar-refractivity contribution < 1.29 is 14.6 Å². The Balaban J connectivity index is 1.16. The summed E-state index contributed by atoms with van der Waals surface area (Å²) < 4.78 is 6.34. The van der Waals surface area contributed by atoms with Crippen LogP contribution in [0.5, 0.6) is 0 Å². The number of carbonyl (C=O) groups is 1. The highest BCUT2D eigenvalue weighted by atomic mass is 35.5. The van der Waals surface area contributed by atoms with E-state index in [4.69, 9.17) is 16.3 Å². The molecule has 0 radical (unpaired) electrons. The number of hydrogen-bond donors (Lipinski definition) is 2. The fourth-order valence-electron chi connectivity index (χ4n) is 4.94. The second kappa shape index (κ2) is 9.15. The predicted octanol–water partition coefficient (Wildman–Crippen LogP) is 5.00. The second-order valence-corrected chi connectivity index (χ2v) is 10.2. The van der Waals surface area contributed by atoms with E-state index in [2.05, 4.69) is 24.8 Å². The van der Waals surface area contributed by atoms with Crippen LogP contribution >= 0.6 is 11.6 Å². The van der Waals surface area contributed by atoms with E-state index in [1.807, 2.05) is 38.2 Å². The lowest BCUT2D eigenvalue weighted by Crippen LogP contribution is -2.41. The van der Waals surface area contributed by atoms with Gasteiger partial charge in [0.15, 0.2) is 5.65 Å². The van der Waals surface area contributed by atoms with Gasteiger partial charge in [0.2, 0.25) is 0 Å². The van der Waals surface area contributed by atoms with Gasteiger partial charge >= 0.3 is 5.97 Å². The van der Waals surface area contributed by atoms with Crippen LogP contribution in [-0.4, -0.2) is 56.3 Å². The van der Waals surface area contributed by atoms with Crippen molar-refractivity contribution in [3.05, 3.63) is 35.1 Å². The Kier molecular flexibility index (Phi) is 6.20. The molecule has 9 heteroatoms. The number of nitrogens with zero attached hydrogens (tertiary/aromatic N) is 4. The number of hydrogen-bond acceptors (Lipinski definition) is 6. The summed E-state index contributed by atoms with van der Waals surface area (Å²) in [5.41, 5.74) is 2.68. The maximum atomic E-state index is 11.4. The van der Waals surface area contributed by atoms with Gasteiger partial charge in [0.05, 0.1) is 23.1 Å². The van der Waals surface area contributed by atoms with Gasteiger partial charge in [-0.1, -0.05) is 11.6 Å². The van der Waals surface area contributed by atoms with Crippen molar-refractivity contribution in [2.45, 2.75) is 64.6 Å². The summed E-state index contributed by atoms with van der Waals surface area (Å²) >= 11 is 6.12. The maximum absolute atomic E-state index is 11.4. The molecule has 8 nitrogen and oxygen atoms in total. The normalized spacial score (nSPS) is 24.0. The van der Waals surface area contributed by atoms with Gasteiger partial charge in [0, 0.05) is 24.8 Å². The molecule has 2 aliphatic rings. The van der Waals surface area contributed by atoms with Gasteiger partial charge < -0.3 is 19.7 Å². The fraction of sp³-hybridized carbons (Fsp3) is 0.520. The maximum Gasteiger partial charge on any atom is 0.309 e. The van der Waals surface area contributed by atoms with E-state index >= 15 is 0 Å². The Morgan fingerprint density at radius 2 is 1.88 bits per heavy atom. The third-order valence-electron chi connectivity index (χ3n) is 7.33. The lowest BCUT2D eigenvalue weighted by atomic mass is 9.75. The molecule has 1 saturated heterocycles. The summed E-state index contributed by atoms with van der Waals surface area (Å²) in [7, 11) is 0. The average molecular weight is 484 g/mol. The van der Waals surface area contributed by atoms with Gasteiger partial charge in [-0.25, -0.2) is 15.0 Å². The number of nitrogens with one attached hydrogen (secondary N) is 1. The first-order valence-electron chi connectivity index (χ1n) is 11.9. The number of ether oxygens (including phenoxy) is 1. The molecule has 0 aromatic carbocycles. The summed E-state index contributed by atoms with van der Waals surface area (Å²) in [5, 5.41) is 9.88. The number of fused-ring (bicyclic) bond motifs is 1. The van der Waals surface area contributed by atoms with E-state index in [1.165, 1.54) is 0 Å². The number of piperidine rings is 1. The van der Waals surface area contributed by atoms with Crippen LogP contribution in [0.4, 0.5) is 5.82 Å². The van der Waals surface area contributed by atoms with E-state index < -0.39 is 11.4 Å².